The Morgan fingerprint density at radius 1 is 1.12 bits per heavy atom. The fourth-order valence-electron chi connectivity index (χ4n) is 2.00. The lowest BCUT2D eigenvalue weighted by Crippen LogP contribution is -2.41. The molecule has 0 aliphatic rings. The van der Waals surface area contributed by atoms with Gasteiger partial charge in [-0.15, -0.1) is 0 Å². The van der Waals surface area contributed by atoms with Gasteiger partial charge in [0.05, 0.1) is 20.3 Å². The minimum absolute atomic E-state index is 0.303. The van der Waals surface area contributed by atoms with Crippen molar-refractivity contribution in [3.05, 3.63) is 23.8 Å². The molecule has 0 fully saturated rings. The number of amides is 3. The molecule has 24 heavy (non-hydrogen) atoms. The Bertz CT molecular complexity index is 577. The first kappa shape index (κ1) is 19.3. The maximum atomic E-state index is 11.9. The second kappa shape index (κ2) is 10.1. The molecular weight excluding hydrogens is 314 g/mol. The van der Waals surface area contributed by atoms with Gasteiger partial charge in [-0.1, -0.05) is 6.07 Å². The average molecular weight is 337 g/mol. The van der Waals surface area contributed by atoms with Crippen LogP contribution < -0.4 is 25.4 Å². The molecule has 0 radical (unpaired) electrons. The zero-order valence-electron chi connectivity index (χ0n) is 14.0. The van der Waals surface area contributed by atoms with Crippen LogP contribution in [0.4, 0.5) is 0 Å². The number of ether oxygens (including phenoxy) is 2. The maximum Gasteiger partial charge on any atom is 0.309 e. The van der Waals surface area contributed by atoms with Crippen LogP contribution in [-0.4, -0.2) is 45.5 Å². The summed E-state index contributed by atoms with van der Waals surface area (Å²) in [6.07, 6.45) is 1.13. The Morgan fingerprint density at radius 2 is 1.83 bits per heavy atom. The smallest absolute Gasteiger partial charge is 0.309 e. The largest absolute Gasteiger partial charge is 0.493 e. The van der Waals surface area contributed by atoms with Gasteiger partial charge in [-0.2, -0.15) is 0 Å². The first-order valence-electron chi connectivity index (χ1n) is 7.51. The van der Waals surface area contributed by atoms with Gasteiger partial charge in [0, 0.05) is 13.1 Å². The number of hydrogen-bond donors (Lipinski definition) is 3. The molecule has 0 heterocycles. The van der Waals surface area contributed by atoms with Crippen LogP contribution in [0.3, 0.4) is 0 Å². The number of carbonyl (C=O) groups is 3. The van der Waals surface area contributed by atoms with Crippen molar-refractivity contribution in [3.8, 4) is 11.5 Å². The van der Waals surface area contributed by atoms with E-state index in [1.807, 2.05) is 0 Å². The average Bonchev–Trinajstić information content (AvgIpc) is 2.60. The van der Waals surface area contributed by atoms with Gasteiger partial charge in [0.25, 0.3) is 0 Å². The van der Waals surface area contributed by atoms with Crippen LogP contribution in [0.1, 0.15) is 24.9 Å². The zero-order chi connectivity index (χ0) is 17.9. The molecule has 0 saturated carbocycles. The van der Waals surface area contributed by atoms with Crippen molar-refractivity contribution in [2.75, 3.05) is 27.3 Å². The van der Waals surface area contributed by atoms with Gasteiger partial charge in [-0.05, 0) is 31.0 Å². The first-order chi connectivity index (χ1) is 11.5. The third-order valence-electron chi connectivity index (χ3n) is 3.33. The van der Waals surface area contributed by atoms with E-state index in [1.165, 1.54) is 14.2 Å². The molecule has 3 N–H and O–H groups in total. The molecule has 3 amide bonds. The van der Waals surface area contributed by atoms with Crippen molar-refractivity contribution in [1.82, 2.24) is 16.0 Å². The minimum atomic E-state index is -0.722. The summed E-state index contributed by atoms with van der Waals surface area (Å²) in [4.78, 5) is 33.7. The predicted octanol–water partition coefficient (Wildman–Crippen LogP) is 0.133. The van der Waals surface area contributed by atoms with Crippen molar-refractivity contribution < 1.29 is 23.9 Å². The van der Waals surface area contributed by atoms with E-state index in [2.05, 4.69) is 16.0 Å². The molecule has 1 rings (SSSR count). The number of rotatable bonds is 9. The highest BCUT2D eigenvalue weighted by Gasteiger charge is 2.17. The molecule has 132 valence electrons. The van der Waals surface area contributed by atoms with Crippen molar-refractivity contribution in [2.24, 2.45) is 0 Å². The second-order valence-electron chi connectivity index (χ2n) is 4.99. The van der Waals surface area contributed by atoms with Crippen molar-refractivity contribution >= 4 is 18.2 Å². The van der Waals surface area contributed by atoms with E-state index in [1.54, 1.807) is 25.1 Å². The summed E-state index contributed by atoms with van der Waals surface area (Å²) in [6.45, 7) is 2.51. The molecule has 1 unspecified atom stereocenters. The normalized spacial score (nSPS) is 11.1. The number of hydrogen-bond acceptors (Lipinski definition) is 5. The standard InChI is InChI=1S/C16H23N3O5/c1-11(12-5-6-13(23-2)14(9-12)24-3)19-16(22)15(21)18-8-4-7-17-10-20/h5-6,9-11H,4,7-8H2,1-3H3,(H,17,20)(H,18,21)(H,19,22). The Hall–Kier alpha value is -2.77. The van der Waals surface area contributed by atoms with Crippen LogP contribution in [0.2, 0.25) is 0 Å². The minimum Gasteiger partial charge on any atom is -0.493 e. The van der Waals surface area contributed by atoms with E-state index in [-0.39, 0.29) is 6.04 Å². The van der Waals surface area contributed by atoms with E-state index in [4.69, 9.17) is 9.47 Å². The summed E-state index contributed by atoms with van der Waals surface area (Å²) >= 11 is 0. The molecule has 8 nitrogen and oxygen atoms in total. The molecule has 8 heteroatoms. The van der Waals surface area contributed by atoms with E-state index >= 15 is 0 Å². The van der Waals surface area contributed by atoms with Gasteiger partial charge >= 0.3 is 11.8 Å². The van der Waals surface area contributed by atoms with Crippen LogP contribution in [-0.2, 0) is 14.4 Å². The molecule has 1 aromatic rings. The summed E-state index contributed by atoms with van der Waals surface area (Å²) in [7, 11) is 3.06. The van der Waals surface area contributed by atoms with Crippen molar-refractivity contribution in [1.29, 1.82) is 0 Å². The van der Waals surface area contributed by atoms with Gasteiger partial charge in [0.2, 0.25) is 6.41 Å². The molecule has 0 bridgehead atoms. The molecule has 0 saturated heterocycles. The Morgan fingerprint density at radius 3 is 2.46 bits per heavy atom. The number of benzene rings is 1. The Balaban J connectivity index is 2.54. The van der Waals surface area contributed by atoms with Gasteiger partial charge in [0.1, 0.15) is 0 Å². The Kier molecular flexibility index (Phi) is 8.10. The lowest BCUT2D eigenvalue weighted by atomic mass is 10.1. The van der Waals surface area contributed by atoms with Gasteiger partial charge < -0.3 is 25.4 Å². The lowest BCUT2D eigenvalue weighted by molar-refractivity contribution is -0.139. The number of nitrogens with one attached hydrogen (secondary N) is 3. The molecule has 0 spiro atoms. The SMILES string of the molecule is COc1ccc(C(C)NC(=O)C(=O)NCCCNC=O)cc1OC. The van der Waals surface area contributed by atoms with Crippen LogP contribution in [0.25, 0.3) is 0 Å². The maximum absolute atomic E-state index is 11.9. The fraction of sp³-hybridized carbons (Fsp3) is 0.438. The number of carbonyl (C=O) groups excluding carboxylic acids is 3. The molecule has 0 aliphatic carbocycles. The van der Waals surface area contributed by atoms with Crippen LogP contribution in [0.5, 0.6) is 11.5 Å². The fourth-order valence-corrected chi connectivity index (χ4v) is 2.00. The lowest BCUT2D eigenvalue weighted by Gasteiger charge is -2.16. The van der Waals surface area contributed by atoms with Crippen molar-refractivity contribution in [3.63, 3.8) is 0 Å². The van der Waals surface area contributed by atoms with E-state index in [0.29, 0.717) is 37.4 Å². The first-order valence-corrected chi connectivity index (χ1v) is 7.51. The van der Waals surface area contributed by atoms with Crippen LogP contribution in [0.15, 0.2) is 18.2 Å². The van der Waals surface area contributed by atoms with Gasteiger partial charge in [-0.25, -0.2) is 0 Å². The highest BCUT2D eigenvalue weighted by atomic mass is 16.5. The van der Waals surface area contributed by atoms with Crippen molar-refractivity contribution in [2.45, 2.75) is 19.4 Å². The highest BCUT2D eigenvalue weighted by Crippen LogP contribution is 2.29. The summed E-state index contributed by atoms with van der Waals surface area (Å²) in [6, 6.07) is 4.89. The van der Waals surface area contributed by atoms with E-state index in [0.717, 1.165) is 5.56 Å². The summed E-state index contributed by atoms with van der Waals surface area (Å²) in [5, 5.41) is 7.58. The highest BCUT2D eigenvalue weighted by molar-refractivity contribution is 6.35. The Labute approximate surface area is 140 Å². The topological polar surface area (TPSA) is 106 Å². The monoisotopic (exact) mass is 337 g/mol. The number of methoxy groups -OCH3 is 2. The quantitative estimate of drug-likeness (QED) is 0.337. The molecular formula is C16H23N3O5. The third-order valence-corrected chi connectivity index (χ3v) is 3.33. The third kappa shape index (κ3) is 5.79. The second-order valence-corrected chi connectivity index (χ2v) is 4.99. The van der Waals surface area contributed by atoms with Crippen LogP contribution in [0, 0.1) is 0 Å². The molecule has 1 aromatic carbocycles. The van der Waals surface area contributed by atoms with Gasteiger partial charge in [0.15, 0.2) is 11.5 Å². The summed E-state index contributed by atoms with van der Waals surface area (Å²) < 4.78 is 10.4. The van der Waals surface area contributed by atoms with Gasteiger partial charge in [-0.3, -0.25) is 14.4 Å². The van der Waals surface area contributed by atoms with E-state index < -0.39 is 11.8 Å². The van der Waals surface area contributed by atoms with Crippen LogP contribution >= 0.6 is 0 Å². The molecule has 0 aromatic heterocycles. The van der Waals surface area contributed by atoms with E-state index in [9.17, 15) is 14.4 Å². The summed E-state index contributed by atoms with van der Waals surface area (Å²) in [5.74, 6) is -0.307. The molecule has 1 atom stereocenters. The molecule has 0 aliphatic heterocycles. The summed E-state index contributed by atoms with van der Waals surface area (Å²) in [5.41, 5.74) is 0.781. The predicted molar refractivity (Wildman–Crippen MR) is 87.8 cm³/mol. The zero-order valence-corrected chi connectivity index (χ0v) is 14.0.